The number of aromatic nitrogens is 3. The van der Waals surface area contributed by atoms with Gasteiger partial charge in [0.15, 0.2) is 0 Å². The largest absolute Gasteiger partial charge is 0.508 e. The maximum atomic E-state index is 9.47. The van der Waals surface area contributed by atoms with Crippen LogP contribution in [-0.2, 0) is 6.54 Å². The van der Waals surface area contributed by atoms with Crippen LogP contribution in [0.2, 0.25) is 0 Å². The predicted molar refractivity (Wildman–Crippen MR) is 94.6 cm³/mol. The van der Waals surface area contributed by atoms with Crippen molar-refractivity contribution in [1.29, 1.82) is 0 Å². The first-order chi connectivity index (χ1) is 12.2. The second-order valence-corrected chi connectivity index (χ2v) is 6.30. The van der Waals surface area contributed by atoms with E-state index in [9.17, 15) is 5.11 Å². The maximum Gasteiger partial charge on any atom is 0.412 e. The molecule has 0 spiro atoms. The van der Waals surface area contributed by atoms with Gasteiger partial charge in [0.1, 0.15) is 18.0 Å². The molecule has 2 aromatic carbocycles. The van der Waals surface area contributed by atoms with Crippen LogP contribution in [0, 0.1) is 0 Å². The summed E-state index contributed by atoms with van der Waals surface area (Å²) in [5, 5.41) is 16.3. The minimum absolute atomic E-state index is 0.248. The van der Waals surface area contributed by atoms with Crippen LogP contribution in [0.4, 0.5) is 5.95 Å². The number of methoxy groups -OCH3 is 1. The van der Waals surface area contributed by atoms with Gasteiger partial charge in [-0.05, 0) is 59.8 Å². The van der Waals surface area contributed by atoms with Crippen LogP contribution in [-0.4, -0.2) is 28.3 Å². The topological polar surface area (TPSA) is 74.0 Å². The van der Waals surface area contributed by atoms with Crippen LogP contribution in [0.5, 0.6) is 11.5 Å². The Bertz CT molecular complexity index is 852. The average Bonchev–Trinajstić information content (AvgIpc) is 3.37. The third-order valence-corrected chi connectivity index (χ3v) is 4.27. The van der Waals surface area contributed by atoms with Crippen molar-refractivity contribution in [1.82, 2.24) is 10.1 Å². The van der Waals surface area contributed by atoms with Crippen LogP contribution in [0.25, 0.3) is 11.4 Å². The van der Waals surface area contributed by atoms with Crippen molar-refractivity contribution in [2.24, 2.45) is 0 Å². The highest BCUT2D eigenvalue weighted by Crippen LogP contribution is 2.24. The van der Waals surface area contributed by atoms with Gasteiger partial charge in [0.05, 0.1) is 13.2 Å². The van der Waals surface area contributed by atoms with Gasteiger partial charge >= 0.3 is 5.95 Å². The SMILES string of the molecule is COc1ccc(C[n+]2[nH]c(-c3ccc(O)cc3)nc2NC2CC2)cc1. The minimum atomic E-state index is 0.248. The maximum absolute atomic E-state index is 9.47. The van der Waals surface area contributed by atoms with E-state index in [1.165, 1.54) is 12.8 Å². The Morgan fingerprint density at radius 1 is 1.16 bits per heavy atom. The zero-order valence-electron chi connectivity index (χ0n) is 14.1. The van der Waals surface area contributed by atoms with Crippen molar-refractivity contribution >= 4 is 5.95 Å². The van der Waals surface area contributed by atoms with E-state index in [4.69, 9.17) is 9.72 Å². The highest BCUT2D eigenvalue weighted by Gasteiger charge is 2.30. The molecule has 0 amide bonds. The molecule has 0 atom stereocenters. The van der Waals surface area contributed by atoms with Crippen molar-refractivity contribution in [2.45, 2.75) is 25.4 Å². The first kappa shape index (κ1) is 15.5. The fourth-order valence-electron chi connectivity index (χ4n) is 2.67. The second kappa shape index (κ2) is 6.47. The monoisotopic (exact) mass is 337 g/mol. The van der Waals surface area contributed by atoms with E-state index in [2.05, 4.69) is 10.4 Å². The number of aromatic amines is 1. The molecule has 3 N–H and O–H groups in total. The first-order valence-electron chi connectivity index (χ1n) is 8.40. The number of phenols is 1. The van der Waals surface area contributed by atoms with Gasteiger partial charge in [-0.25, -0.2) is 5.10 Å². The molecule has 1 fully saturated rings. The van der Waals surface area contributed by atoms with Crippen LogP contribution in [0.1, 0.15) is 18.4 Å². The molecule has 0 radical (unpaired) electrons. The quantitative estimate of drug-likeness (QED) is 0.605. The molecule has 0 bridgehead atoms. The summed E-state index contributed by atoms with van der Waals surface area (Å²) < 4.78 is 7.23. The molecule has 128 valence electrons. The molecule has 1 aliphatic carbocycles. The molecule has 1 aromatic heterocycles. The van der Waals surface area contributed by atoms with Gasteiger partial charge in [-0.15, -0.1) is 0 Å². The summed E-state index contributed by atoms with van der Waals surface area (Å²) in [5.41, 5.74) is 2.09. The number of nitrogens with one attached hydrogen (secondary N) is 2. The molecular weight excluding hydrogens is 316 g/mol. The summed E-state index contributed by atoms with van der Waals surface area (Å²) in [6.07, 6.45) is 2.37. The molecule has 0 saturated heterocycles. The lowest BCUT2D eigenvalue weighted by Gasteiger charge is -2.03. The third kappa shape index (κ3) is 3.57. The fourth-order valence-corrected chi connectivity index (χ4v) is 2.67. The lowest BCUT2D eigenvalue weighted by atomic mass is 10.2. The lowest BCUT2D eigenvalue weighted by molar-refractivity contribution is -0.729. The number of hydrogen-bond donors (Lipinski definition) is 3. The molecule has 0 unspecified atom stereocenters. The predicted octanol–water partition coefficient (Wildman–Crippen LogP) is 2.70. The van der Waals surface area contributed by atoms with E-state index in [1.54, 1.807) is 19.2 Å². The molecule has 6 heteroatoms. The molecule has 3 aromatic rings. The molecule has 4 rings (SSSR count). The number of benzene rings is 2. The number of rotatable bonds is 6. The van der Waals surface area contributed by atoms with E-state index >= 15 is 0 Å². The van der Waals surface area contributed by atoms with Gasteiger partial charge in [-0.2, -0.15) is 4.68 Å². The third-order valence-electron chi connectivity index (χ3n) is 4.27. The Hall–Kier alpha value is -3.02. The highest BCUT2D eigenvalue weighted by molar-refractivity contribution is 5.56. The Kier molecular flexibility index (Phi) is 4.01. The van der Waals surface area contributed by atoms with Gasteiger partial charge in [0.2, 0.25) is 5.82 Å². The smallest absolute Gasteiger partial charge is 0.412 e. The van der Waals surface area contributed by atoms with Crippen LogP contribution in [0.15, 0.2) is 48.5 Å². The minimum Gasteiger partial charge on any atom is -0.508 e. The molecule has 25 heavy (non-hydrogen) atoms. The Labute approximate surface area is 146 Å². The first-order valence-corrected chi connectivity index (χ1v) is 8.40. The standard InChI is InChI=1S/C19H20N4O2/c1-25-17-10-2-13(3-11-17)12-23-19(20-15-6-7-15)21-18(22-23)14-4-8-16(24)9-5-14/h2-5,8-11,15H,6-7,12H2,1H3,(H2,20,21,22,24)/p+1. The summed E-state index contributed by atoms with van der Waals surface area (Å²) in [7, 11) is 1.67. The fraction of sp³-hybridized carbons (Fsp3) is 0.263. The Balaban J connectivity index is 1.63. The Morgan fingerprint density at radius 2 is 1.88 bits per heavy atom. The number of nitrogens with zero attached hydrogens (tertiary/aromatic N) is 2. The van der Waals surface area contributed by atoms with E-state index < -0.39 is 0 Å². The number of hydrogen-bond acceptors (Lipinski definition) is 4. The van der Waals surface area contributed by atoms with Gasteiger partial charge in [-0.3, -0.25) is 5.32 Å². The zero-order valence-corrected chi connectivity index (χ0v) is 14.1. The Morgan fingerprint density at radius 3 is 2.52 bits per heavy atom. The van der Waals surface area contributed by atoms with Gasteiger partial charge in [-0.1, -0.05) is 12.1 Å². The summed E-state index contributed by atoms with van der Waals surface area (Å²) in [6, 6.07) is 15.6. The molecule has 1 heterocycles. The summed E-state index contributed by atoms with van der Waals surface area (Å²) >= 11 is 0. The lowest BCUT2D eigenvalue weighted by Crippen LogP contribution is -2.39. The second-order valence-electron chi connectivity index (χ2n) is 6.30. The number of phenolic OH excluding ortho intramolecular Hbond substituents is 1. The molecule has 0 aliphatic heterocycles. The highest BCUT2D eigenvalue weighted by atomic mass is 16.5. The van der Waals surface area contributed by atoms with Crippen molar-refractivity contribution in [3.63, 3.8) is 0 Å². The molecular formula is C19H21N4O2+. The number of anilines is 1. The van der Waals surface area contributed by atoms with Gasteiger partial charge in [0, 0.05) is 5.56 Å². The summed E-state index contributed by atoms with van der Waals surface area (Å²) in [6.45, 7) is 0.685. The number of H-pyrrole nitrogens is 1. The normalized spacial score (nSPS) is 13.6. The molecule has 1 aliphatic rings. The van der Waals surface area contributed by atoms with Gasteiger partial charge in [0.25, 0.3) is 0 Å². The van der Waals surface area contributed by atoms with E-state index in [0.29, 0.717) is 12.6 Å². The van der Waals surface area contributed by atoms with E-state index in [1.807, 2.05) is 41.1 Å². The van der Waals surface area contributed by atoms with Gasteiger partial charge < -0.3 is 9.84 Å². The van der Waals surface area contributed by atoms with Crippen molar-refractivity contribution in [3.05, 3.63) is 54.1 Å². The average molecular weight is 337 g/mol. The van der Waals surface area contributed by atoms with Crippen LogP contribution >= 0.6 is 0 Å². The zero-order chi connectivity index (χ0) is 17.2. The van der Waals surface area contributed by atoms with Crippen molar-refractivity contribution in [3.8, 4) is 22.9 Å². The molecule has 6 nitrogen and oxygen atoms in total. The van der Waals surface area contributed by atoms with Crippen LogP contribution < -0.4 is 14.7 Å². The van der Waals surface area contributed by atoms with Crippen LogP contribution in [0.3, 0.4) is 0 Å². The van der Waals surface area contributed by atoms with E-state index in [-0.39, 0.29) is 5.75 Å². The van der Waals surface area contributed by atoms with E-state index in [0.717, 1.165) is 28.6 Å². The summed E-state index contributed by atoms with van der Waals surface area (Å²) in [4.78, 5) is 4.71. The molecule has 1 saturated carbocycles. The number of aromatic hydroxyl groups is 1. The van der Waals surface area contributed by atoms with Crippen molar-refractivity contribution < 1.29 is 14.5 Å². The summed E-state index contributed by atoms with van der Waals surface area (Å²) in [5.74, 6) is 2.70. The number of ether oxygens (including phenoxy) is 1. The van der Waals surface area contributed by atoms with Crippen molar-refractivity contribution in [2.75, 3.05) is 12.4 Å².